The van der Waals surface area contributed by atoms with Crippen molar-refractivity contribution in [2.75, 3.05) is 25.1 Å². The number of hydrogen-bond acceptors (Lipinski definition) is 4. The second kappa shape index (κ2) is 7.57. The smallest absolute Gasteiger partial charge is 0.163 e. The highest BCUT2D eigenvalue weighted by molar-refractivity contribution is 5.54. The monoisotopic (exact) mass is 289 g/mol. The number of rotatable bonds is 8. The van der Waals surface area contributed by atoms with E-state index in [0.29, 0.717) is 13.2 Å². The van der Waals surface area contributed by atoms with Gasteiger partial charge < -0.3 is 19.4 Å². The quantitative estimate of drug-likeness (QED) is 0.812. The summed E-state index contributed by atoms with van der Waals surface area (Å²) in [4.78, 5) is 4.31. The van der Waals surface area contributed by atoms with Gasteiger partial charge in [0.05, 0.1) is 13.2 Å². The lowest BCUT2D eigenvalue weighted by atomic mass is 10.2. The van der Waals surface area contributed by atoms with Gasteiger partial charge in [0.15, 0.2) is 11.5 Å². The minimum Gasteiger partial charge on any atom is -0.490 e. The van der Waals surface area contributed by atoms with E-state index in [1.807, 2.05) is 56.1 Å². The van der Waals surface area contributed by atoms with Gasteiger partial charge in [-0.25, -0.2) is 4.98 Å². The molecule has 0 spiro atoms. The molecule has 1 aromatic carbocycles. The van der Waals surface area contributed by atoms with Crippen molar-refractivity contribution in [3.05, 3.63) is 36.4 Å². The summed E-state index contributed by atoms with van der Waals surface area (Å²) >= 11 is 0. The van der Waals surface area contributed by atoms with E-state index in [1.54, 1.807) is 0 Å². The largest absolute Gasteiger partial charge is 0.490 e. The average molecular weight is 289 g/mol. The molecule has 0 aliphatic carbocycles. The summed E-state index contributed by atoms with van der Waals surface area (Å²) in [5.74, 6) is 2.63. The highest BCUT2D eigenvalue weighted by atomic mass is 16.5. The van der Waals surface area contributed by atoms with Gasteiger partial charge in [-0.2, -0.15) is 0 Å². The van der Waals surface area contributed by atoms with E-state index in [4.69, 9.17) is 9.47 Å². The Balaban J connectivity index is 1.96. The zero-order valence-corrected chi connectivity index (χ0v) is 12.9. The minimum atomic E-state index is 0.622. The van der Waals surface area contributed by atoms with E-state index in [9.17, 15) is 0 Å². The first-order chi connectivity index (χ1) is 10.2. The first-order valence-corrected chi connectivity index (χ1v) is 7.34. The maximum Gasteiger partial charge on any atom is 0.163 e. The summed E-state index contributed by atoms with van der Waals surface area (Å²) in [6.45, 7) is 6.01. The van der Waals surface area contributed by atoms with Crippen molar-refractivity contribution >= 4 is 5.69 Å². The molecule has 0 atom stereocenters. The van der Waals surface area contributed by atoms with E-state index in [1.165, 1.54) is 0 Å². The molecule has 0 amide bonds. The van der Waals surface area contributed by atoms with Gasteiger partial charge in [-0.1, -0.05) is 0 Å². The maximum absolute atomic E-state index is 5.62. The van der Waals surface area contributed by atoms with Crippen LogP contribution < -0.4 is 14.8 Å². The first kappa shape index (κ1) is 15.2. The normalized spacial score (nSPS) is 10.4. The fourth-order valence-corrected chi connectivity index (χ4v) is 2.12. The Bertz CT molecular complexity index is 566. The van der Waals surface area contributed by atoms with Crippen LogP contribution in [0.25, 0.3) is 0 Å². The average Bonchev–Trinajstić information content (AvgIpc) is 2.88. The number of nitrogens with one attached hydrogen (secondary N) is 1. The van der Waals surface area contributed by atoms with Gasteiger partial charge in [0, 0.05) is 44.2 Å². The molecular weight excluding hydrogens is 266 g/mol. The molecule has 21 heavy (non-hydrogen) atoms. The summed E-state index contributed by atoms with van der Waals surface area (Å²) in [6.07, 6.45) is 4.65. The predicted molar refractivity (Wildman–Crippen MR) is 84.2 cm³/mol. The number of aryl methyl sites for hydroxylation is 1. The van der Waals surface area contributed by atoms with Crippen LogP contribution in [0.5, 0.6) is 11.5 Å². The highest BCUT2D eigenvalue weighted by Gasteiger charge is 2.06. The Morgan fingerprint density at radius 3 is 2.57 bits per heavy atom. The number of nitrogens with zero attached hydrogens (tertiary/aromatic N) is 2. The van der Waals surface area contributed by atoms with Crippen LogP contribution in [-0.2, 0) is 13.5 Å². The van der Waals surface area contributed by atoms with Gasteiger partial charge in [-0.3, -0.25) is 0 Å². The van der Waals surface area contributed by atoms with E-state index in [-0.39, 0.29) is 0 Å². The Kier molecular flexibility index (Phi) is 5.49. The molecule has 0 saturated carbocycles. The fraction of sp³-hybridized carbons (Fsp3) is 0.438. The van der Waals surface area contributed by atoms with Crippen molar-refractivity contribution in [2.45, 2.75) is 20.3 Å². The molecule has 5 nitrogen and oxygen atoms in total. The van der Waals surface area contributed by atoms with Crippen molar-refractivity contribution in [2.24, 2.45) is 7.05 Å². The third kappa shape index (κ3) is 4.15. The summed E-state index contributed by atoms with van der Waals surface area (Å²) in [5, 5.41) is 3.39. The molecule has 0 fully saturated rings. The number of imidazole rings is 1. The first-order valence-electron chi connectivity index (χ1n) is 7.34. The SMILES string of the molecule is CCOc1ccc(NCCc2nccn2C)cc1OCC. The predicted octanol–water partition coefficient (Wildman–Crippen LogP) is 2.87. The van der Waals surface area contributed by atoms with Crippen molar-refractivity contribution in [3.63, 3.8) is 0 Å². The molecule has 0 saturated heterocycles. The van der Waals surface area contributed by atoms with Crippen LogP contribution in [0.3, 0.4) is 0 Å². The van der Waals surface area contributed by atoms with Crippen LogP contribution in [0, 0.1) is 0 Å². The van der Waals surface area contributed by atoms with Gasteiger partial charge in [-0.05, 0) is 26.0 Å². The second-order valence-electron chi connectivity index (χ2n) is 4.66. The minimum absolute atomic E-state index is 0.622. The topological polar surface area (TPSA) is 48.3 Å². The summed E-state index contributed by atoms with van der Waals surface area (Å²) in [6, 6.07) is 5.93. The molecule has 0 aliphatic rings. The fourth-order valence-electron chi connectivity index (χ4n) is 2.12. The summed E-state index contributed by atoms with van der Waals surface area (Å²) < 4.78 is 13.2. The van der Waals surface area contributed by atoms with Crippen molar-refractivity contribution in [3.8, 4) is 11.5 Å². The van der Waals surface area contributed by atoms with Crippen molar-refractivity contribution < 1.29 is 9.47 Å². The molecular formula is C16H23N3O2. The number of ether oxygens (including phenoxy) is 2. The zero-order chi connectivity index (χ0) is 15.1. The maximum atomic E-state index is 5.62. The van der Waals surface area contributed by atoms with Crippen LogP contribution >= 0.6 is 0 Å². The number of aromatic nitrogens is 2. The molecule has 0 unspecified atom stereocenters. The number of anilines is 1. The van der Waals surface area contributed by atoms with E-state index in [0.717, 1.165) is 36.0 Å². The summed E-state index contributed by atoms with van der Waals surface area (Å²) in [7, 11) is 2.01. The standard InChI is InChI=1S/C16H23N3O2/c1-4-20-14-7-6-13(12-15(14)21-5-2)17-9-8-16-18-10-11-19(16)3/h6-7,10-12,17H,4-5,8-9H2,1-3H3. The van der Waals surface area contributed by atoms with E-state index >= 15 is 0 Å². The Morgan fingerprint density at radius 2 is 1.90 bits per heavy atom. The molecule has 0 aliphatic heterocycles. The molecule has 1 heterocycles. The van der Waals surface area contributed by atoms with Gasteiger partial charge >= 0.3 is 0 Å². The molecule has 0 radical (unpaired) electrons. The van der Waals surface area contributed by atoms with E-state index in [2.05, 4.69) is 10.3 Å². The van der Waals surface area contributed by atoms with Crippen molar-refractivity contribution in [1.29, 1.82) is 0 Å². The molecule has 114 valence electrons. The van der Waals surface area contributed by atoms with Gasteiger partial charge in [-0.15, -0.1) is 0 Å². The van der Waals surface area contributed by atoms with Gasteiger partial charge in [0.1, 0.15) is 5.82 Å². The van der Waals surface area contributed by atoms with Crippen LogP contribution in [0.15, 0.2) is 30.6 Å². The Labute approximate surface area is 125 Å². The van der Waals surface area contributed by atoms with Crippen molar-refractivity contribution in [1.82, 2.24) is 9.55 Å². The third-order valence-electron chi connectivity index (χ3n) is 3.14. The second-order valence-corrected chi connectivity index (χ2v) is 4.66. The lowest BCUT2D eigenvalue weighted by Gasteiger charge is -2.13. The molecule has 1 N–H and O–H groups in total. The van der Waals surface area contributed by atoms with Crippen LogP contribution in [0.4, 0.5) is 5.69 Å². The summed E-state index contributed by atoms with van der Waals surface area (Å²) in [5.41, 5.74) is 1.02. The highest BCUT2D eigenvalue weighted by Crippen LogP contribution is 2.30. The van der Waals surface area contributed by atoms with Crippen LogP contribution in [0.2, 0.25) is 0 Å². The van der Waals surface area contributed by atoms with Crippen LogP contribution in [-0.4, -0.2) is 29.3 Å². The lowest BCUT2D eigenvalue weighted by molar-refractivity contribution is 0.288. The zero-order valence-electron chi connectivity index (χ0n) is 12.9. The molecule has 0 bridgehead atoms. The van der Waals surface area contributed by atoms with Gasteiger partial charge in [0.25, 0.3) is 0 Å². The molecule has 2 rings (SSSR count). The van der Waals surface area contributed by atoms with Gasteiger partial charge in [0.2, 0.25) is 0 Å². The molecule has 2 aromatic rings. The lowest BCUT2D eigenvalue weighted by Crippen LogP contribution is -2.09. The number of benzene rings is 1. The number of hydrogen-bond donors (Lipinski definition) is 1. The van der Waals surface area contributed by atoms with Crippen LogP contribution in [0.1, 0.15) is 19.7 Å². The third-order valence-corrected chi connectivity index (χ3v) is 3.14. The Hall–Kier alpha value is -2.17. The molecule has 1 aromatic heterocycles. The molecule has 5 heteroatoms. The van der Waals surface area contributed by atoms with E-state index < -0.39 is 0 Å². The Morgan fingerprint density at radius 1 is 1.14 bits per heavy atom.